The van der Waals surface area contributed by atoms with Gasteiger partial charge in [0.2, 0.25) is 0 Å². The molecule has 1 aromatic rings. The molecule has 1 saturated heterocycles. The molecule has 0 saturated carbocycles. The van der Waals surface area contributed by atoms with Gasteiger partial charge in [0.15, 0.2) is 0 Å². The van der Waals surface area contributed by atoms with E-state index < -0.39 is 0 Å². The van der Waals surface area contributed by atoms with Crippen molar-refractivity contribution < 1.29 is 9.13 Å². The smallest absolute Gasteiger partial charge is 0.128 e. The topological polar surface area (TPSA) is 21.3 Å². The second-order valence-corrected chi connectivity index (χ2v) is 4.49. The third-order valence-corrected chi connectivity index (χ3v) is 3.03. The van der Waals surface area contributed by atoms with E-state index >= 15 is 0 Å². The zero-order valence-electron chi connectivity index (χ0n) is 9.79. The van der Waals surface area contributed by atoms with E-state index in [9.17, 15) is 4.39 Å². The molecule has 1 aromatic carbocycles. The maximum absolute atomic E-state index is 13.3. The molecule has 16 heavy (non-hydrogen) atoms. The normalized spacial score (nSPS) is 24.7. The highest BCUT2D eigenvalue weighted by Crippen LogP contribution is 2.20. The summed E-state index contributed by atoms with van der Waals surface area (Å²) in [4.78, 5) is 0. The Morgan fingerprint density at radius 2 is 2.25 bits per heavy atom. The number of nitrogens with one attached hydrogen (secondary N) is 1. The molecule has 0 aromatic heterocycles. The van der Waals surface area contributed by atoms with Crippen LogP contribution in [0.2, 0.25) is 0 Å². The van der Waals surface area contributed by atoms with Crippen molar-refractivity contribution >= 4 is 5.69 Å². The van der Waals surface area contributed by atoms with Crippen LogP contribution >= 0.6 is 0 Å². The second-order valence-electron chi connectivity index (χ2n) is 4.49. The zero-order valence-corrected chi connectivity index (χ0v) is 9.79. The van der Waals surface area contributed by atoms with Crippen LogP contribution in [0.3, 0.4) is 0 Å². The van der Waals surface area contributed by atoms with Crippen molar-refractivity contribution in [2.45, 2.75) is 38.9 Å². The van der Waals surface area contributed by atoms with Gasteiger partial charge in [-0.05, 0) is 44.4 Å². The first-order valence-electron chi connectivity index (χ1n) is 5.80. The molecule has 0 spiro atoms. The minimum Gasteiger partial charge on any atom is -0.382 e. The quantitative estimate of drug-likeness (QED) is 0.850. The highest BCUT2D eigenvalue weighted by atomic mass is 19.1. The number of rotatable bonds is 3. The molecule has 1 aliphatic heterocycles. The lowest BCUT2D eigenvalue weighted by Crippen LogP contribution is -2.19. The van der Waals surface area contributed by atoms with Crippen LogP contribution in [-0.2, 0) is 4.74 Å². The summed E-state index contributed by atoms with van der Waals surface area (Å²) in [6, 6.07) is 5.22. The molecule has 0 bridgehead atoms. The van der Waals surface area contributed by atoms with Crippen molar-refractivity contribution in [3.8, 4) is 0 Å². The molecule has 3 heteroatoms. The zero-order chi connectivity index (χ0) is 11.5. The van der Waals surface area contributed by atoms with Crippen LogP contribution in [-0.4, -0.2) is 18.8 Å². The first-order valence-corrected chi connectivity index (χ1v) is 5.80. The lowest BCUT2D eigenvalue weighted by Gasteiger charge is -2.13. The summed E-state index contributed by atoms with van der Waals surface area (Å²) in [5.74, 6) is -0.161. The summed E-state index contributed by atoms with van der Waals surface area (Å²) >= 11 is 0. The number of benzene rings is 1. The summed E-state index contributed by atoms with van der Waals surface area (Å²) < 4.78 is 19.0. The molecular formula is C13H18FNO. The molecule has 0 aliphatic carbocycles. The molecule has 2 rings (SSSR count). The van der Waals surface area contributed by atoms with E-state index in [1.807, 2.05) is 6.07 Å². The van der Waals surface area contributed by atoms with Gasteiger partial charge in [0.25, 0.3) is 0 Å². The molecule has 2 nitrogen and oxygen atoms in total. The van der Waals surface area contributed by atoms with Crippen molar-refractivity contribution in [3.63, 3.8) is 0 Å². The average molecular weight is 223 g/mol. The van der Waals surface area contributed by atoms with Gasteiger partial charge in [-0.3, -0.25) is 0 Å². The molecule has 1 heterocycles. The van der Waals surface area contributed by atoms with E-state index in [-0.39, 0.29) is 11.9 Å². The Morgan fingerprint density at radius 3 is 2.88 bits per heavy atom. The van der Waals surface area contributed by atoms with Crippen molar-refractivity contribution in [2.24, 2.45) is 0 Å². The van der Waals surface area contributed by atoms with Crippen molar-refractivity contribution in [1.29, 1.82) is 0 Å². The van der Waals surface area contributed by atoms with Gasteiger partial charge in [0, 0.05) is 12.2 Å². The number of ether oxygens (including phenoxy) is 1. The Balaban J connectivity index is 1.87. The maximum atomic E-state index is 13.3. The number of aryl methyl sites for hydroxylation is 1. The molecule has 1 fully saturated rings. The minimum atomic E-state index is -0.161. The van der Waals surface area contributed by atoms with Crippen LogP contribution in [0, 0.1) is 12.7 Å². The highest BCUT2D eigenvalue weighted by Gasteiger charge is 2.21. The summed E-state index contributed by atoms with van der Waals surface area (Å²) in [6.07, 6.45) is 2.83. The molecule has 0 radical (unpaired) electrons. The van der Waals surface area contributed by atoms with Crippen LogP contribution in [0.4, 0.5) is 10.1 Å². The third-order valence-electron chi connectivity index (χ3n) is 3.03. The minimum absolute atomic E-state index is 0.161. The standard InChI is InChI=1S/C13H18FNO/c1-9-3-5-11(7-13(9)14)15-8-12-6-4-10(2)16-12/h3,5,7,10,12,15H,4,6,8H2,1-2H3. The van der Waals surface area contributed by atoms with E-state index in [0.29, 0.717) is 11.7 Å². The molecule has 0 amide bonds. The van der Waals surface area contributed by atoms with Crippen molar-refractivity contribution in [1.82, 2.24) is 0 Å². The van der Waals surface area contributed by atoms with Crippen molar-refractivity contribution in [3.05, 3.63) is 29.6 Å². The molecular weight excluding hydrogens is 205 g/mol. The molecule has 88 valence electrons. The molecule has 1 N–H and O–H groups in total. The van der Waals surface area contributed by atoms with Crippen LogP contribution in [0.25, 0.3) is 0 Å². The summed E-state index contributed by atoms with van der Waals surface area (Å²) in [5.41, 5.74) is 1.50. The number of hydrogen-bond acceptors (Lipinski definition) is 2. The lowest BCUT2D eigenvalue weighted by atomic mass is 10.2. The van der Waals surface area contributed by atoms with Crippen LogP contribution < -0.4 is 5.32 Å². The fraction of sp³-hybridized carbons (Fsp3) is 0.538. The van der Waals surface area contributed by atoms with Crippen molar-refractivity contribution in [2.75, 3.05) is 11.9 Å². The van der Waals surface area contributed by atoms with Gasteiger partial charge >= 0.3 is 0 Å². The van der Waals surface area contributed by atoms with E-state index in [4.69, 9.17) is 4.74 Å². The largest absolute Gasteiger partial charge is 0.382 e. The SMILES string of the molecule is Cc1ccc(NCC2CCC(C)O2)cc1F. The Labute approximate surface area is 95.8 Å². The number of hydrogen-bond donors (Lipinski definition) is 1. The molecule has 2 atom stereocenters. The fourth-order valence-corrected chi connectivity index (χ4v) is 1.97. The summed E-state index contributed by atoms with van der Waals surface area (Å²) in [6.45, 7) is 4.61. The first kappa shape index (κ1) is 11.4. The number of anilines is 1. The Bertz CT molecular complexity index is 367. The van der Waals surface area contributed by atoms with E-state index in [1.165, 1.54) is 6.07 Å². The van der Waals surface area contributed by atoms with Gasteiger partial charge < -0.3 is 10.1 Å². The summed E-state index contributed by atoms with van der Waals surface area (Å²) in [7, 11) is 0. The predicted octanol–water partition coefficient (Wildman–Crippen LogP) is 3.11. The van der Waals surface area contributed by atoms with Crippen LogP contribution in [0.1, 0.15) is 25.3 Å². The van der Waals surface area contributed by atoms with Crippen LogP contribution in [0.5, 0.6) is 0 Å². The maximum Gasteiger partial charge on any atom is 0.128 e. The van der Waals surface area contributed by atoms with Gasteiger partial charge in [0.1, 0.15) is 5.82 Å². The molecule has 2 unspecified atom stereocenters. The average Bonchev–Trinajstić information content (AvgIpc) is 2.66. The Morgan fingerprint density at radius 1 is 1.44 bits per heavy atom. The third kappa shape index (κ3) is 2.73. The second kappa shape index (κ2) is 4.83. The summed E-state index contributed by atoms with van der Waals surface area (Å²) in [5, 5.41) is 3.21. The van der Waals surface area contributed by atoms with Gasteiger partial charge in [-0.25, -0.2) is 4.39 Å². The fourth-order valence-electron chi connectivity index (χ4n) is 1.97. The van der Waals surface area contributed by atoms with E-state index in [0.717, 1.165) is 25.1 Å². The first-order chi connectivity index (χ1) is 7.65. The van der Waals surface area contributed by atoms with Crippen LogP contribution in [0.15, 0.2) is 18.2 Å². The highest BCUT2D eigenvalue weighted by molar-refractivity contribution is 5.45. The molecule has 1 aliphatic rings. The van der Waals surface area contributed by atoms with Gasteiger partial charge in [0.05, 0.1) is 12.2 Å². The monoisotopic (exact) mass is 223 g/mol. The van der Waals surface area contributed by atoms with Gasteiger partial charge in [-0.15, -0.1) is 0 Å². The lowest BCUT2D eigenvalue weighted by molar-refractivity contribution is 0.0637. The van der Waals surface area contributed by atoms with Gasteiger partial charge in [-0.1, -0.05) is 6.07 Å². The van der Waals surface area contributed by atoms with E-state index in [2.05, 4.69) is 12.2 Å². The Hall–Kier alpha value is -1.09. The van der Waals surface area contributed by atoms with E-state index in [1.54, 1.807) is 13.0 Å². The Kier molecular flexibility index (Phi) is 3.44. The predicted molar refractivity (Wildman–Crippen MR) is 63.2 cm³/mol. The van der Waals surface area contributed by atoms with Gasteiger partial charge in [-0.2, -0.15) is 0 Å². The number of halogens is 1.